The number of aromatic nitrogens is 1. The quantitative estimate of drug-likeness (QED) is 0.894. The van der Waals surface area contributed by atoms with Gasteiger partial charge in [-0.25, -0.2) is 4.98 Å². The predicted octanol–water partition coefficient (Wildman–Crippen LogP) is 3.16. The third kappa shape index (κ3) is 3.32. The van der Waals surface area contributed by atoms with Crippen LogP contribution in [0.3, 0.4) is 0 Å². The minimum absolute atomic E-state index is 0.0103. The minimum atomic E-state index is -0.750. The lowest BCUT2D eigenvalue weighted by molar-refractivity contribution is -0.124. The van der Waals surface area contributed by atoms with Crippen LogP contribution < -0.4 is 5.32 Å². The number of benzene rings is 1. The Morgan fingerprint density at radius 1 is 1.38 bits per heavy atom. The van der Waals surface area contributed by atoms with Crippen LogP contribution in [0.5, 0.6) is 0 Å². The molecule has 1 amide bonds. The van der Waals surface area contributed by atoms with Gasteiger partial charge in [-0.15, -0.1) is 0 Å². The van der Waals surface area contributed by atoms with E-state index in [-0.39, 0.29) is 24.4 Å². The van der Waals surface area contributed by atoms with Crippen molar-refractivity contribution in [2.45, 2.75) is 50.6 Å². The highest BCUT2D eigenvalue weighted by Crippen LogP contribution is 2.39. The minimum Gasteiger partial charge on any atom is -0.439 e. The molecule has 2 aromatic rings. The van der Waals surface area contributed by atoms with Gasteiger partial charge in [0.05, 0.1) is 18.7 Å². The van der Waals surface area contributed by atoms with E-state index in [2.05, 4.69) is 21.3 Å². The summed E-state index contributed by atoms with van der Waals surface area (Å²) in [5.41, 5.74) is 0.881. The summed E-state index contributed by atoms with van der Waals surface area (Å²) in [5, 5.41) is 12.4. The summed E-state index contributed by atoms with van der Waals surface area (Å²) in [4.78, 5) is 19.4. The smallest absolute Gasteiger partial charge is 0.235 e. The molecule has 2 atom stereocenters. The number of nitrogens with zero attached hydrogens (tertiary/aromatic N) is 3. The Labute approximate surface area is 153 Å². The molecule has 2 fully saturated rings. The molecule has 2 heterocycles. The molecule has 6 nitrogen and oxygen atoms in total. The van der Waals surface area contributed by atoms with Gasteiger partial charge in [0.1, 0.15) is 11.1 Å². The fraction of sp³-hybridized carbons (Fsp3) is 0.550. The molecule has 4 rings (SSSR count). The van der Waals surface area contributed by atoms with Gasteiger partial charge in [-0.2, -0.15) is 5.26 Å². The van der Waals surface area contributed by atoms with Gasteiger partial charge in [0.25, 0.3) is 0 Å². The van der Waals surface area contributed by atoms with Crippen LogP contribution in [0.25, 0.3) is 11.1 Å². The van der Waals surface area contributed by atoms with Crippen molar-refractivity contribution in [3.63, 3.8) is 0 Å². The zero-order valence-electron chi connectivity index (χ0n) is 15.1. The molecule has 2 unspecified atom stereocenters. The second-order valence-corrected chi connectivity index (χ2v) is 7.64. The molecule has 1 aromatic heterocycles. The van der Waals surface area contributed by atoms with E-state index in [0.717, 1.165) is 49.7 Å². The number of hydrogen-bond donors (Lipinski definition) is 1. The SMILES string of the molecule is CC(C#N)(NC(=O)CN1CCCCC1c1nc2ccccc2o1)C1CC1. The van der Waals surface area contributed by atoms with Crippen LogP contribution >= 0.6 is 0 Å². The fourth-order valence-corrected chi connectivity index (χ4v) is 3.89. The lowest BCUT2D eigenvalue weighted by Gasteiger charge is -2.34. The summed E-state index contributed by atoms with van der Waals surface area (Å²) in [6.07, 6.45) is 5.11. The number of amides is 1. The maximum absolute atomic E-state index is 12.6. The van der Waals surface area contributed by atoms with E-state index in [1.807, 2.05) is 31.2 Å². The third-order valence-corrected chi connectivity index (χ3v) is 5.58. The van der Waals surface area contributed by atoms with Crippen molar-refractivity contribution in [2.24, 2.45) is 5.92 Å². The van der Waals surface area contributed by atoms with Crippen molar-refractivity contribution in [2.75, 3.05) is 13.1 Å². The Hall–Kier alpha value is -2.39. The van der Waals surface area contributed by atoms with E-state index in [4.69, 9.17) is 4.42 Å². The van der Waals surface area contributed by atoms with Crippen LogP contribution in [0.1, 0.15) is 51.0 Å². The number of rotatable bonds is 5. The zero-order chi connectivity index (χ0) is 18.1. The van der Waals surface area contributed by atoms with Crippen molar-refractivity contribution < 1.29 is 9.21 Å². The van der Waals surface area contributed by atoms with Crippen LogP contribution in [-0.4, -0.2) is 34.4 Å². The van der Waals surface area contributed by atoms with Crippen molar-refractivity contribution in [3.8, 4) is 6.07 Å². The van der Waals surface area contributed by atoms with Gasteiger partial charge in [0, 0.05) is 0 Å². The number of hydrogen-bond acceptors (Lipinski definition) is 5. The summed E-state index contributed by atoms with van der Waals surface area (Å²) in [5.74, 6) is 0.874. The van der Waals surface area contributed by atoms with Gasteiger partial charge >= 0.3 is 0 Å². The first kappa shape index (κ1) is 17.0. The molecule has 0 radical (unpaired) electrons. The van der Waals surface area contributed by atoms with E-state index in [9.17, 15) is 10.1 Å². The zero-order valence-corrected chi connectivity index (χ0v) is 15.1. The molecule has 1 aromatic carbocycles. The average Bonchev–Trinajstić information content (AvgIpc) is 3.42. The molecular formula is C20H24N4O2. The first-order chi connectivity index (χ1) is 12.6. The maximum atomic E-state index is 12.6. The number of oxazole rings is 1. The van der Waals surface area contributed by atoms with Gasteiger partial charge in [-0.05, 0) is 57.2 Å². The van der Waals surface area contributed by atoms with Gasteiger partial charge in [0.15, 0.2) is 5.58 Å². The van der Waals surface area contributed by atoms with Crippen LogP contribution in [0, 0.1) is 17.2 Å². The molecule has 0 spiro atoms. The summed E-state index contributed by atoms with van der Waals surface area (Å²) < 4.78 is 5.95. The van der Waals surface area contributed by atoms with E-state index >= 15 is 0 Å². The van der Waals surface area contributed by atoms with Crippen LogP contribution in [0.15, 0.2) is 28.7 Å². The van der Waals surface area contributed by atoms with Crippen molar-refractivity contribution >= 4 is 17.0 Å². The monoisotopic (exact) mass is 352 g/mol. The fourth-order valence-electron chi connectivity index (χ4n) is 3.89. The van der Waals surface area contributed by atoms with Gasteiger partial charge in [-0.3, -0.25) is 9.69 Å². The Morgan fingerprint density at radius 3 is 2.92 bits per heavy atom. The first-order valence-corrected chi connectivity index (χ1v) is 9.41. The summed E-state index contributed by atoms with van der Waals surface area (Å²) in [6, 6.07) is 10.0. The van der Waals surface area contributed by atoms with Crippen molar-refractivity contribution in [1.29, 1.82) is 5.26 Å². The van der Waals surface area contributed by atoms with Crippen LogP contribution in [0.4, 0.5) is 0 Å². The van der Waals surface area contributed by atoms with E-state index in [1.54, 1.807) is 0 Å². The second-order valence-electron chi connectivity index (χ2n) is 7.64. The average molecular weight is 352 g/mol. The first-order valence-electron chi connectivity index (χ1n) is 9.41. The Balaban J connectivity index is 1.48. The number of carbonyl (C=O) groups excluding carboxylic acids is 1. The highest BCUT2D eigenvalue weighted by molar-refractivity contribution is 5.79. The highest BCUT2D eigenvalue weighted by Gasteiger charge is 2.43. The van der Waals surface area contributed by atoms with Gasteiger partial charge in [0.2, 0.25) is 11.8 Å². The van der Waals surface area contributed by atoms with Gasteiger partial charge < -0.3 is 9.73 Å². The molecule has 6 heteroatoms. The number of fused-ring (bicyclic) bond motifs is 1. The van der Waals surface area contributed by atoms with Gasteiger partial charge in [-0.1, -0.05) is 18.6 Å². The molecule has 136 valence electrons. The van der Waals surface area contributed by atoms with E-state index in [1.165, 1.54) is 0 Å². The molecular weight excluding hydrogens is 328 g/mol. The third-order valence-electron chi connectivity index (χ3n) is 5.58. The normalized spacial score (nSPS) is 23.3. The molecule has 1 saturated heterocycles. The second kappa shape index (κ2) is 6.73. The predicted molar refractivity (Wildman–Crippen MR) is 97.1 cm³/mol. The molecule has 1 aliphatic heterocycles. The van der Waals surface area contributed by atoms with Crippen molar-refractivity contribution in [3.05, 3.63) is 30.2 Å². The number of nitriles is 1. The number of likely N-dealkylation sites (tertiary alicyclic amines) is 1. The molecule has 1 aliphatic carbocycles. The van der Waals surface area contributed by atoms with Crippen LogP contribution in [-0.2, 0) is 4.79 Å². The Kier molecular flexibility index (Phi) is 4.41. The molecule has 1 saturated carbocycles. The van der Waals surface area contributed by atoms with E-state index in [0.29, 0.717) is 5.89 Å². The summed E-state index contributed by atoms with van der Waals surface area (Å²) in [6.45, 7) is 2.94. The summed E-state index contributed by atoms with van der Waals surface area (Å²) >= 11 is 0. The van der Waals surface area contributed by atoms with E-state index < -0.39 is 5.54 Å². The Bertz CT molecular complexity index is 818. The maximum Gasteiger partial charge on any atom is 0.235 e. The largest absolute Gasteiger partial charge is 0.439 e. The van der Waals surface area contributed by atoms with Crippen LogP contribution in [0.2, 0.25) is 0 Å². The number of para-hydroxylation sites is 2. The van der Waals surface area contributed by atoms with Crippen molar-refractivity contribution in [1.82, 2.24) is 15.2 Å². The lowest BCUT2D eigenvalue weighted by atomic mass is 9.97. The molecule has 26 heavy (non-hydrogen) atoms. The molecule has 1 N–H and O–H groups in total. The Morgan fingerprint density at radius 2 is 2.19 bits per heavy atom. The standard InChI is InChI=1S/C20H24N4O2/c1-20(13-21,14-9-10-14)23-18(25)12-24-11-5-4-7-16(24)19-22-15-6-2-3-8-17(15)26-19/h2-3,6,8,14,16H,4-5,7,9-12H2,1H3,(H,23,25). The number of carbonyl (C=O) groups is 1. The number of piperidine rings is 1. The molecule has 2 aliphatic rings. The molecule has 0 bridgehead atoms. The highest BCUT2D eigenvalue weighted by atomic mass is 16.3. The lowest BCUT2D eigenvalue weighted by Crippen LogP contribution is -2.51. The summed E-state index contributed by atoms with van der Waals surface area (Å²) in [7, 11) is 0. The topological polar surface area (TPSA) is 82.2 Å². The number of nitrogens with one attached hydrogen (secondary N) is 1.